The molecule has 2 rings (SSSR count). The van der Waals surface area contributed by atoms with Crippen molar-refractivity contribution in [3.8, 4) is 0 Å². The highest BCUT2D eigenvalue weighted by Crippen LogP contribution is 2.30. The van der Waals surface area contributed by atoms with Gasteiger partial charge in [-0.2, -0.15) is 0 Å². The summed E-state index contributed by atoms with van der Waals surface area (Å²) >= 11 is 3.25. The molecule has 0 spiro atoms. The highest BCUT2D eigenvalue weighted by molar-refractivity contribution is 9.10. The summed E-state index contributed by atoms with van der Waals surface area (Å²) in [4.78, 5) is 23.4. The molecule has 1 amide bonds. The fraction of sp³-hybridized carbons (Fsp3) is 0.467. The smallest absolute Gasteiger partial charge is 0.307 e. The van der Waals surface area contributed by atoms with Gasteiger partial charge in [-0.3, -0.25) is 9.59 Å². The van der Waals surface area contributed by atoms with Gasteiger partial charge in [-0.1, -0.05) is 28.8 Å². The zero-order valence-corrected chi connectivity index (χ0v) is 13.0. The second-order valence-electron chi connectivity index (χ2n) is 5.29. The molecule has 114 valence electrons. The maximum atomic E-state index is 13.6. The number of carbonyl (C=O) groups is 2. The third-order valence-corrected chi connectivity index (χ3v) is 4.37. The fourth-order valence-corrected chi connectivity index (χ4v) is 3.14. The molecule has 1 fully saturated rings. The van der Waals surface area contributed by atoms with E-state index in [4.69, 9.17) is 0 Å². The van der Waals surface area contributed by atoms with Crippen molar-refractivity contribution in [1.29, 1.82) is 0 Å². The number of rotatable bonds is 4. The molecular weight excluding hydrogens is 341 g/mol. The number of halogens is 2. The van der Waals surface area contributed by atoms with Crippen LogP contribution in [0.2, 0.25) is 0 Å². The minimum atomic E-state index is -0.927. The number of carboxylic acids is 1. The molecular formula is C15H17BrFNO3. The lowest BCUT2D eigenvalue weighted by Crippen LogP contribution is -2.39. The Morgan fingerprint density at radius 2 is 1.95 bits per heavy atom. The van der Waals surface area contributed by atoms with Crippen molar-refractivity contribution in [2.24, 2.45) is 11.8 Å². The van der Waals surface area contributed by atoms with Crippen LogP contribution in [-0.4, -0.2) is 17.0 Å². The molecule has 6 heteroatoms. The molecule has 0 aliphatic heterocycles. The number of nitrogens with one attached hydrogen (secondary N) is 1. The van der Waals surface area contributed by atoms with Gasteiger partial charge in [-0.25, -0.2) is 4.39 Å². The molecule has 0 radical (unpaired) electrons. The van der Waals surface area contributed by atoms with Gasteiger partial charge in [0, 0.05) is 16.6 Å². The lowest BCUT2D eigenvalue weighted by molar-refractivity contribution is -0.148. The molecule has 0 saturated heterocycles. The van der Waals surface area contributed by atoms with Gasteiger partial charge in [0.2, 0.25) is 5.91 Å². The SMILES string of the molecule is O=C(O)C1CCCCC1C(=O)NCc1cc(Br)ccc1F. The Hall–Kier alpha value is -1.43. The second kappa shape index (κ2) is 7.02. The Balaban J connectivity index is 2.00. The number of hydrogen-bond donors (Lipinski definition) is 2. The number of hydrogen-bond acceptors (Lipinski definition) is 2. The third-order valence-electron chi connectivity index (χ3n) is 3.88. The van der Waals surface area contributed by atoms with Crippen molar-refractivity contribution < 1.29 is 19.1 Å². The van der Waals surface area contributed by atoms with Crippen molar-refractivity contribution in [3.63, 3.8) is 0 Å². The maximum absolute atomic E-state index is 13.6. The molecule has 2 N–H and O–H groups in total. The first-order valence-corrected chi connectivity index (χ1v) is 7.73. The first-order valence-electron chi connectivity index (χ1n) is 6.93. The van der Waals surface area contributed by atoms with E-state index in [0.29, 0.717) is 18.4 Å². The molecule has 0 aromatic heterocycles. The van der Waals surface area contributed by atoms with Crippen LogP contribution in [0.15, 0.2) is 22.7 Å². The van der Waals surface area contributed by atoms with Gasteiger partial charge in [0.25, 0.3) is 0 Å². The summed E-state index contributed by atoms with van der Waals surface area (Å²) in [6.45, 7) is 0.0624. The Labute approximate surface area is 130 Å². The van der Waals surface area contributed by atoms with Crippen molar-refractivity contribution in [2.75, 3.05) is 0 Å². The summed E-state index contributed by atoms with van der Waals surface area (Å²) in [5.74, 6) is -2.78. The molecule has 1 aromatic rings. The standard InChI is InChI=1S/C15H17BrFNO3/c16-10-5-6-13(17)9(7-10)8-18-14(19)11-3-1-2-4-12(11)15(20)21/h5-7,11-12H,1-4,8H2,(H,18,19)(H,20,21). The molecule has 2 atom stereocenters. The van der Waals surface area contributed by atoms with Crippen LogP contribution in [0.3, 0.4) is 0 Å². The van der Waals surface area contributed by atoms with Gasteiger partial charge >= 0.3 is 5.97 Å². The minimum Gasteiger partial charge on any atom is -0.481 e. The highest BCUT2D eigenvalue weighted by Gasteiger charge is 2.35. The maximum Gasteiger partial charge on any atom is 0.307 e. The summed E-state index contributed by atoms with van der Waals surface area (Å²) in [6, 6.07) is 4.51. The van der Waals surface area contributed by atoms with E-state index in [1.807, 2.05) is 0 Å². The van der Waals surface area contributed by atoms with E-state index in [1.165, 1.54) is 6.07 Å². The predicted molar refractivity (Wildman–Crippen MR) is 79.0 cm³/mol. The largest absolute Gasteiger partial charge is 0.481 e. The molecule has 4 nitrogen and oxygen atoms in total. The van der Waals surface area contributed by atoms with Crippen molar-refractivity contribution >= 4 is 27.8 Å². The van der Waals surface area contributed by atoms with Gasteiger partial charge in [-0.05, 0) is 31.0 Å². The van der Waals surface area contributed by atoms with Gasteiger partial charge in [0.1, 0.15) is 5.82 Å². The first-order chi connectivity index (χ1) is 9.99. The number of benzene rings is 1. The highest BCUT2D eigenvalue weighted by atomic mass is 79.9. The normalized spacial score (nSPS) is 21.8. The number of carbonyl (C=O) groups excluding carboxylic acids is 1. The molecule has 1 aliphatic rings. The molecule has 0 bridgehead atoms. The lowest BCUT2D eigenvalue weighted by Gasteiger charge is -2.27. The Kier molecular flexibility index (Phi) is 5.33. The van der Waals surface area contributed by atoms with Crippen LogP contribution in [0.5, 0.6) is 0 Å². The van der Waals surface area contributed by atoms with Crippen LogP contribution in [0.25, 0.3) is 0 Å². The zero-order valence-electron chi connectivity index (χ0n) is 11.4. The van der Waals surface area contributed by atoms with Crippen LogP contribution >= 0.6 is 15.9 Å². The number of amides is 1. The lowest BCUT2D eigenvalue weighted by atomic mass is 9.78. The van der Waals surface area contributed by atoms with Gasteiger partial charge in [0.15, 0.2) is 0 Å². The average Bonchev–Trinajstić information content (AvgIpc) is 2.47. The monoisotopic (exact) mass is 357 g/mol. The average molecular weight is 358 g/mol. The summed E-state index contributed by atoms with van der Waals surface area (Å²) in [7, 11) is 0. The first kappa shape index (κ1) is 15.9. The van der Waals surface area contributed by atoms with Gasteiger partial charge < -0.3 is 10.4 Å². The van der Waals surface area contributed by atoms with Crippen LogP contribution in [0.1, 0.15) is 31.2 Å². The van der Waals surface area contributed by atoms with E-state index in [-0.39, 0.29) is 12.5 Å². The predicted octanol–water partition coefficient (Wildman–Crippen LogP) is 3.10. The summed E-state index contributed by atoms with van der Waals surface area (Å²) in [5.41, 5.74) is 0.375. The number of aliphatic carboxylic acids is 1. The van der Waals surface area contributed by atoms with Crippen molar-refractivity contribution in [2.45, 2.75) is 32.2 Å². The molecule has 0 heterocycles. The molecule has 21 heavy (non-hydrogen) atoms. The third kappa shape index (κ3) is 4.03. The van der Waals surface area contributed by atoms with E-state index >= 15 is 0 Å². The van der Waals surface area contributed by atoms with E-state index in [0.717, 1.165) is 17.3 Å². The van der Waals surface area contributed by atoms with E-state index in [2.05, 4.69) is 21.2 Å². The van der Waals surface area contributed by atoms with Crippen LogP contribution in [-0.2, 0) is 16.1 Å². The molecule has 1 aromatic carbocycles. The molecule has 2 unspecified atom stereocenters. The summed E-state index contributed by atoms with van der Waals surface area (Å²) in [5, 5.41) is 11.8. The molecule has 1 saturated carbocycles. The summed E-state index contributed by atoms with van der Waals surface area (Å²) < 4.78 is 14.3. The van der Waals surface area contributed by atoms with Crippen LogP contribution in [0.4, 0.5) is 4.39 Å². The zero-order chi connectivity index (χ0) is 15.4. The van der Waals surface area contributed by atoms with Crippen LogP contribution < -0.4 is 5.32 Å². The van der Waals surface area contributed by atoms with E-state index < -0.39 is 23.6 Å². The topological polar surface area (TPSA) is 66.4 Å². The Morgan fingerprint density at radius 3 is 2.62 bits per heavy atom. The summed E-state index contributed by atoms with van der Waals surface area (Å²) in [6.07, 6.45) is 2.79. The minimum absolute atomic E-state index is 0.0624. The van der Waals surface area contributed by atoms with Gasteiger partial charge in [0.05, 0.1) is 11.8 Å². The van der Waals surface area contributed by atoms with Gasteiger partial charge in [-0.15, -0.1) is 0 Å². The molecule has 1 aliphatic carbocycles. The Morgan fingerprint density at radius 1 is 1.29 bits per heavy atom. The Bertz CT molecular complexity index is 550. The quantitative estimate of drug-likeness (QED) is 0.869. The van der Waals surface area contributed by atoms with E-state index in [1.54, 1.807) is 12.1 Å². The van der Waals surface area contributed by atoms with E-state index in [9.17, 15) is 19.1 Å². The van der Waals surface area contributed by atoms with Crippen molar-refractivity contribution in [3.05, 3.63) is 34.1 Å². The van der Waals surface area contributed by atoms with Crippen molar-refractivity contribution in [1.82, 2.24) is 5.32 Å². The second-order valence-corrected chi connectivity index (χ2v) is 6.20. The van der Waals surface area contributed by atoms with Crippen LogP contribution in [0, 0.1) is 17.7 Å². The number of carboxylic acid groups (broad SMARTS) is 1. The fourth-order valence-electron chi connectivity index (χ4n) is 2.73.